The Labute approximate surface area is 104 Å². The first-order chi connectivity index (χ1) is 8.40. The number of rotatable bonds is 6. The van der Waals surface area contributed by atoms with Crippen molar-refractivity contribution in [3.8, 4) is 0 Å². The molecule has 0 unspecified atom stereocenters. The second kappa shape index (κ2) is 6.50. The second-order valence-electron chi connectivity index (χ2n) is 4.36. The van der Waals surface area contributed by atoms with E-state index in [4.69, 9.17) is 4.74 Å². The zero-order chi connectivity index (χ0) is 11.9. The number of hydrogen-bond donors (Lipinski definition) is 1. The van der Waals surface area contributed by atoms with Gasteiger partial charge in [-0.2, -0.15) is 0 Å². The van der Waals surface area contributed by atoms with Crippen LogP contribution in [0.5, 0.6) is 0 Å². The molecule has 1 aromatic carbocycles. The average Bonchev–Trinajstić information content (AvgIpc) is 2.89. The van der Waals surface area contributed by atoms with Crippen molar-refractivity contribution in [2.45, 2.75) is 19.8 Å². The molecule has 0 saturated carbocycles. The quantitative estimate of drug-likeness (QED) is 0.766. The molecule has 0 atom stereocenters. The third-order valence-electron chi connectivity index (χ3n) is 3.12. The Hall–Kier alpha value is -1.22. The van der Waals surface area contributed by atoms with Crippen LogP contribution in [0.2, 0.25) is 0 Å². The van der Waals surface area contributed by atoms with Crippen molar-refractivity contribution in [1.82, 2.24) is 0 Å². The lowest BCUT2D eigenvalue weighted by molar-refractivity contribution is 0.158. The Bertz CT molecular complexity index is 317. The van der Waals surface area contributed by atoms with Gasteiger partial charge in [-0.3, -0.25) is 0 Å². The largest absolute Gasteiger partial charge is 0.383 e. The molecule has 1 aliphatic heterocycles. The van der Waals surface area contributed by atoms with E-state index in [1.165, 1.54) is 37.3 Å². The first-order valence-corrected chi connectivity index (χ1v) is 6.57. The predicted molar refractivity (Wildman–Crippen MR) is 72.9 cm³/mol. The maximum Gasteiger partial charge on any atom is 0.0638 e. The van der Waals surface area contributed by atoms with Crippen LogP contribution in [0, 0.1) is 0 Å². The molecule has 1 aromatic rings. The standard InChI is InChI=1S/C14H22N2O/c1-2-17-12-9-15-13-5-7-14(8-6-13)16-10-3-4-11-16/h5-8,15H,2-4,9-12H2,1H3. The molecule has 1 heterocycles. The second-order valence-corrected chi connectivity index (χ2v) is 4.36. The number of anilines is 2. The molecule has 0 bridgehead atoms. The molecular formula is C14H22N2O. The molecule has 0 spiro atoms. The lowest BCUT2D eigenvalue weighted by atomic mass is 10.2. The van der Waals surface area contributed by atoms with Crippen LogP contribution in [-0.4, -0.2) is 32.8 Å². The number of ether oxygens (including phenoxy) is 1. The summed E-state index contributed by atoms with van der Waals surface area (Å²) < 4.78 is 5.29. The highest BCUT2D eigenvalue weighted by atomic mass is 16.5. The Morgan fingerprint density at radius 1 is 1.18 bits per heavy atom. The Morgan fingerprint density at radius 2 is 1.88 bits per heavy atom. The third-order valence-corrected chi connectivity index (χ3v) is 3.12. The van der Waals surface area contributed by atoms with Crippen molar-refractivity contribution in [3.63, 3.8) is 0 Å². The molecule has 1 fully saturated rings. The van der Waals surface area contributed by atoms with E-state index in [1.807, 2.05) is 6.92 Å². The first-order valence-electron chi connectivity index (χ1n) is 6.57. The van der Waals surface area contributed by atoms with Crippen molar-refractivity contribution < 1.29 is 4.74 Å². The summed E-state index contributed by atoms with van der Waals surface area (Å²) in [5.74, 6) is 0. The molecule has 0 aliphatic carbocycles. The normalized spacial score (nSPS) is 15.2. The monoisotopic (exact) mass is 234 g/mol. The van der Waals surface area contributed by atoms with Gasteiger partial charge in [-0.05, 0) is 44.0 Å². The minimum absolute atomic E-state index is 0.768. The molecule has 3 nitrogen and oxygen atoms in total. The Balaban J connectivity index is 1.80. The molecule has 1 saturated heterocycles. The molecule has 17 heavy (non-hydrogen) atoms. The third kappa shape index (κ3) is 3.63. The van der Waals surface area contributed by atoms with Gasteiger partial charge in [-0.15, -0.1) is 0 Å². The van der Waals surface area contributed by atoms with Gasteiger partial charge in [-0.1, -0.05) is 0 Å². The van der Waals surface area contributed by atoms with Crippen LogP contribution in [0.3, 0.4) is 0 Å². The molecule has 1 aliphatic rings. The zero-order valence-electron chi connectivity index (χ0n) is 10.6. The molecule has 1 N–H and O–H groups in total. The Morgan fingerprint density at radius 3 is 2.53 bits per heavy atom. The highest BCUT2D eigenvalue weighted by Crippen LogP contribution is 2.21. The summed E-state index contributed by atoms with van der Waals surface area (Å²) in [4.78, 5) is 2.45. The van der Waals surface area contributed by atoms with E-state index in [0.29, 0.717) is 0 Å². The van der Waals surface area contributed by atoms with Gasteiger partial charge in [-0.25, -0.2) is 0 Å². The van der Waals surface area contributed by atoms with E-state index in [0.717, 1.165) is 19.8 Å². The minimum Gasteiger partial charge on any atom is -0.383 e. The summed E-state index contributed by atoms with van der Waals surface area (Å²) >= 11 is 0. The Kier molecular flexibility index (Phi) is 4.68. The summed E-state index contributed by atoms with van der Waals surface area (Å²) in [6, 6.07) is 8.71. The van der Waals surface area contributed by atoms with Gasteiger partial charge in [0.1, 0.15) is 0 Å². The van der Waals surface area contributed by atoms with Crippen molar-refractivity contribution in [3.05, 3.63) is 24.3 Å². The summed E-state index contributed by atoms with van der Waals surface area (Å²) in [5, 5.41) is 3.35. The first kappa shape index (κ1) is 12.2. The number of hydrogen-bond acceptors (Lipinski definition) is 3. The SMILES string of the molecule is CCOCCNc1ccc(N2CCCC2)cc1. The fourth-order valence-electron chi connectivity index (χ4n) is 2.18. The van der Waals surface area contributed by atoms with Gasteiger partial charge in [0.2, 0.25) is 0 Å². The molecule has 3 heteroatoms. The lowest BCUT2D eigenvalue weighted by Gasteiger charge is -2.18. The van der Waals surface area contributed by atoms with E-state index in [2.05, 4.69) is 34.5 Å². The van der Waals surface area contributed by atoms with E-state index in [-0.39, 0.29) is 0 Å². The van der Waals surface area contributed by atoms with Crippen molar-refractivity contribution in [1.29, 1.82) is 0 Å². The van der Waals surface area contributed by atoms with Crippen LogP contribution in [-0.2, 0) is 4.74 Å². The van der Waals surface area contributed by atoms with Crippen molar-refractivity contribution in [2.24, 2.45) is 0 Å². The van der Waals surface area contributed by atoms with Crippen LogP contribution in [0.4, 0.5) is 11.4 Å². The van der Waals surface area contributed by atoms with Gasteiger partial charge < -0.3 is 15.0 Å². The molecule has 0 amide bonds. The summed E-state index contributed by atoms with van der Waals surface area (Å²) in [6.07, 6.45) is 2.66. The smallest absolute Gasteiger partial charge is 0.0638 e. The summed E-state index contributed by atoms with van der Waals surface area (Å²) in [6.45, 7) is 6.86. The van der Waals surface area contributed by atoms with Crippen LogP contribution < -0.4 is 10.2 Å². The zero-order valence-corrected chi connectivity index (χ0v) is 10.6. The van der Waals surface area contributed by atoms with Crippen LogP contribution in [0.15, 0.2) is 24.3 Å². The van der Waals surface area contributed by atoms with Crippen molar-refractivity contribution >= 4 is 11.4 Å². The van der Waals surface area contributed by atoms with E-state index < -0.39 is 0 Å². The van der Waals surface area contributed by atoms with E-state index >= 15 is 0 Å². The molecule has 0 aromatic heterocycles. The van der Waals surface area contributed by atoms with Gasteiger partial charge in [0, 0.05) is 37.6 Å². The number of benzene rings is 1. The van der Waals surface area contributed by atoms with Crippen molar-refractivity contribution in [2.75, 3.05) is 43.1 Å². The molecule has 2 rings (SSSR count). The van der Waals surface area contributed by atoms with Gasteiger partial charge in [0.05, 0.1) is 6.61 Å². The molecule has 0 radical (unpaired) electrons. The maximum atomic E-state index is 5.29. The fourth-order valence-corrected chi connectivity index (χ4v) is 2.18. The van der Waals surface area contributed by atoms with Gasteiger partial charge >= 0.3 is 0 Å². The fraction of sp³-hybridized carbons (Fsp3) is 0.571. The molecule has 94 valence electrons. The van der Waals surface area contributed by atoms with Gasteiger partial charge in [0.25, 0.3) is 0 Å². The molecular weight excluding hydrogens is 212 g/mol. The van der Waals surface area contributed by atoms with Crippen LogP contribution >= 0.6 is 0 Å². The van der Waals surface area contributed by atoms with Crippen LogP contribution in [0.1, 0.15) is 19.8 Å². The summed E-state index contributed by atoms with van der Waals surface area (Å²) in [7, 11) is 0. The predicted octanol–water partition coefficient (Wildman–Crippen LogP) is 2.74. The van der Waals surface area contributed by atoms with Gasteiger partial charge in [0.15, 0.2) is 0 Å². The van der Waals surface area contributed by atoms with E-state index in [9.17, 15) is 0 Å². The summed E-state index contributed by atoms with van der Waals surface area (Å²) in [5.41, 5.74) is 2.52. The topological polar surface area (TPSA) is 24.5 Å². The maximum absolute atomic E-state index is 5.29. The minimum atomic E-state index is 0.768. The lowest BCUT2D eigenvalue weighted by Crippen LogP contribution is -2.17. The van der Waals surface area contributed by atoms with Crippen LogP contribution in [0.25, 0.3) is 0 Å². The number of nitrogens with zero attached hydrogens (tertiary/aromatic N) is 1. The highest BCUT2D eigenvalue weighted by Gasteiger charge is 2.11. The number of nitrogens with one attached hydrogen (secondary N) is 1. The van der Waals surface area contributed by atoms with E-state index in [1.54, 1.807) is 0 Å². The highest BCUT2D eigenvalue weighted by molar-refractivity contribution is 5.55. The average molecular weight is 234 g/mol.